The van der Waals surface area contributed by atoms with Crippen LogP contribution in [0.1, 0.15) is 0 Å². The fourth-order valence-corrected chi connectivity index (χ4v) is 39.9. The molecule has 0 rings (SSSR count). The molecule has 0 fully saturated rings. The lowest BCUT2D eigenvalue weighted by molar-refractivity contribution is 0.0317. The van der Waals surface area contributed by atoms with E-state index in [-0.39, 0.29) is 0 Å². The summed E-state index contributed by atoms with van der Waals surface area (Å²) in [4.78, 5) is 0. The van der Waals surface area contributed by atoms with Gasteiger partial charge in [-0.3, -0.25) is 0 Å². The predicted octanol–water partition coefficient (Wildman–Crippen LogP) is 9.14. The molecule has 0 aromatic heterocycles. The van der Waals surface area contributed by atoms with E-state index in [2.05, 4.69) is 157 Å². The molecule has 45 heavy (non-hydrogen) atoms. The van der Waals surface area contributed by atoms with E-state index in [4.69, 9.17) is 41.2 Å². The molecule has 0 radical (unpaired) electrons. The van der Waals surface area contributed by atoms with E-state index in [9.17, 15) is 0 Å². The summed E-state index contributed by atoms with van der Waals surface area (Å²) in [6.45, 7) is 50.9. The topological polar surface area (TPSA) is 92.3 Å². The van der Waals surface area contributed by atoms with Crippen LogP contribution in [0, 0.1) is 0 Å². The first-order valence-electron chi connectivity index (χ1n) is 16.1. The SMILES string of the molecule is C[Si](C)(C)O[Si](O[Si](C)(C)C)(O[Si](C)(C)C)O[Si](O[Si](C)(C)C)(O[Si](C)(C)C)O[Si](O[Si](C)(C)C)(O[Si](C)(C)C)O[Si](C)(C)C. The van der Waals surface area contributed by atoms with Gasteiger partial charge in [0.25, 0.3) is 0 Å². The lowest BCUT2D eigenvalue weighted by atomic mass is 11.8. The molecule has 21 heteroatoms. The van der Waals surface area contributed by atoms with Gasteiger partial charge in [-0.25, -0.2) is 0 Å². The first kappa shape index (κ1) is 47.0. The standard InChI is InChI=1S/C24H72O10Si11/c1-35(2,3)25-43(26-36(4,5)6,27-37(7,8)9)33-45(31-41(19,20)21,32-42(22,23)24)34-44(28-38(10,11)12,29-39(13,14)15)30-40(16,17)18/h1-24H3. The van der Waals surface area contributed by atoms with Crippen molar-refractivity contribution in [3.8, 4) is 0 Å². The molecule has 0 heterocycles. The second-order valence-electron chi connectivity index (χ2n) is 19.4. The molecule has 0 amide bonds. The average Bonchev–Trinajstić information content (AvgIpc) is 2.45. The van der Waals surface area contributed by atoms with Crippen molar-refractivity contribution < 1.29 is 41.2 Å². The molecule has 0 aliphatic rings. The average molecular weight is 830 g/mol. The highest BCUT2D eigenvalue weighted by Crippen LogP contribution is 2.37. The normalized spacial score (nSPS) is 16.0. The van der Waals surface area contributed by atoms with E-state index in [1.807, 2.05) is 0 Å². The van der Waals surface area contributed by atoms with Crippen molar-refractivity contribution in [2.45, 2.75) is 157 Å². The Balaban J connectivity index is 8.21. The van der Waals surface area contributed by atoms with Crippen LogP contribution >= 0.6 is 0 Å². The molecular formula is C24H72O10Si11. The molecule has 0 aromatic carbocycles. The Morgan fingerprint density at radius 1 is 0.156 bits per heavy atom. The summed E-state index contributed by atoms with van der Waals surface area (Å²) in [7, 11) is -31.2. The van der Waals surface area contributed by atoms with E-state index >= 15 is 0 Å². The molecule has 0 spiro atoms. The predicted molar refractivity (Wildman–Crippen MR) is 215 cm³/mol. The highest BCUT2D eigenvalue weighted by atomic mass is 28.6. The third-order valence-corrected chi connectivity index (χ3v) is 35.5. The summed E-state index contributed by atoms with van der Waals surface area (Å²) >= 11 is 0. The van der Waals surface area contributed by atoms with Crippen LogP contribution in [0.4, 0.5) is 0 Å². The van der Waals surface area contributed by atoms with Crippen molar-refractivity contribution in [2.75, 3.05) is 0 Å². The number of hydrogen-bond acceptors (Lipinski definition) is 10. The zero-order chi connectivity index (χ0) is 36.6. The first-order chi connectivity index (χ1) is 19.1. The minimum absolute atomic E-state index is 2.11. The van der Waals surface area contributed by atoms with Crippen molar-refractivity contribution in [3.05, 3.63) is 0 Å². The zero-order valence-electron chi connectivity index (χ0n) is 33.6. The van der Waals surface area contributed by atoms with Crippen molar-refractivity contribution in [3.63, 3.8) is 0 Å². The number of rotatable bonds is 20. The third-order valence-electron chi connectivity index (χ3n) is 3.95. The molecular weight excluding hydrogens is 757 g/mol. The van der Waals surface area contributed by atoms with E-state index in [1.54, 1.807) is 0 Å². The Labute approximate surface area is 290 Å². The van der Waals surface area contributed by atoms with Gasteiger partial charge in [0, 0.05) is 0 Å². The van der Waals surface area contributed by atoms with E-state index in [1.165, 1.54) is 0 Å². The molecule has 10 nitrogen and oxygen atoms in total. The molecule has 0 saturated carbocycles. The van der Waals surface area contributed by atoms with Crippen LogP contribution in [0.5, 0.6) is 0 Å². The molecule has 0 N–H and O–H groups in total. The van der Waals surface area contributed by atoms with Crippen LogP contribution in [0.25, 0.3) is 0 Å². The maximum atomic E-state index is 7.36. The molecule has 0 aliphatic heterocycles. The summed E-state index contributed by atoms with van der Waals surface area (Å²) in [5, 5.41) is 0. The largest absolute Gasteiger partial charge is 0.646 e. The molecule has 0 saturated heterocycles. The Kier molecular flexibility index (Phi) is 16.0. The second-order valence-corrected chi connectivity index (χ2v) is 64.4. The zero-order valence-corrected chi connectivity index (χ0v) is 44.6. The van der Waals surface area contributed by atoms with Gasteiger partial charge in [-0.05, 0) is 157 Å². The highest BCUT2D eigenvalue weighted by molar-refractivity contribution is 6.96. The van der Waals surface area contributed by atoms with E-state index in [0.29, 0.717) is 0 Å². The van der Waals surface area contributed by atoms with Gasteiger partial charge in [-0.1, -0.05) is 0 Å². The summed E-state index contributed by atoms with van der Waals surface area (Å²) in [5.41, 5.74) is 0. The molecule has 272 valence electrons. The van der Waals surface area contributed by atoms with Gasteiger partial charge >= 0.3 is 27.1 Å². The van der Waals surface area contributed by atoms with E-state index < -0.39 is 93.7 Å². The molecule has 0 aliphatic carbocycles. The smallest absolute Gasteiger partial charge is 0.396 e. The van der Waals surface area contributed by atoms with Crippen LogP contribution in [0.2, 0.25) is 157 Å². The van der Waals surface area contributed by atoms with Gasteiger partial charge in [0.05, 0.1) is 0 Å². The Morgan fingerprint density at radius 2 is 0.244 bits per heavy atom. The van der Waals surface area contributed by atoms with E-state index in [0.717, 1.165) is 0 Å². The summed E-state index contributed by atoms with van der Waals surface area (Å²) in [6.07, 6.45) is 0. The third kappa shape index (κ3) is 23.2. The van der Waals surface area contributed by atoms with Gasteiger partial charge < -0.3 is 41.2 Å². The van der Waals surface area contributed by atoms with Crippen LogP contribution in [-0.2, 0) is 41.2 Å². The Hall–Kier alpha value is 1.99. The van der Waals surface area contributed by atoms with Gasteiger partial charge in [0.15, 0.2) is 66.5 Å². The Morgan fingerprint density at radius 3 is 0.333 bits per heavy atom. The van der Waals surface area contributed by atoms with Crippen LogP contribution in [-0.4, -0.2) is 93.7 Å². The quantitative estimate of drug-likeness (QED) is 0.111. The minimum atomic E-state index is -4.31. The second kappa shape index (κ2) is 15.3. The summed E-state index contributed by atoms with van der Waals surface area (Å²) < 4.78 is 71.0. The van der Waals surface area contributed by atoms with Gasteiger partial charge in [-0.2, -0.15) is 0 Å². The van der Waals surface area contributed by atoms with Crippen molar-refractivity contribution in [2.24, 2.45) is 0 Å². The lowest BCUT2D eigenvalue weighted by Gasteiger charge is -2.49. The summed E-state index contributed by atoms with van der Waals surface area (Å²) in [5.74, 6) is 0. The van der Waals surface area contributed by atoms with Gasteiger partial charge in [0.2, 0.25) is 0 Å². The van der Waals surface area contributed by atoms with Crippen molar-refractivity contribution in [1.29, 1.82) is 0 Å². The summed E-state index contributed by atoms with van der Waals surface area (Å²) in [6, 6.07) is 0. The number of hydrogen-bond donors (Lipinski definition) is 0. The fraction of sp³-hybridized carbons (Fsp3) is 1.00. The Bertz CT molecular complexity index is 776. The van der Waals surface area contributed by atoms with Gasteiger partial charge in [-0.15, -0.1) is 0 Å². The maximum Gasteiger partial charge on any atom is 0.646 e. The molecule has 0 unspecified atom stereocenters. The monoisotopic (exact) mass is 828 g/mol. The van der Waals surface area contributed by atoms with Crippen LogP contribution < -0.4 is 0 Å². The maximum absolute atomic E-state index is 7.36. The van der Waals surface area contributed by atoms with Crippen LogP contribution in [0.3, 0.4) is 0 Å². The minimum Gasteiger partial charge on any atom is -0.396 e. The first-order valence-corrected chi connectivity index (χ1v) is 48.2. The van der Waals surface area contributed by atoms with Crippen molar-refractivity contribution >= 4 is 93.7 Å². The molecule has 0 aromatic rings. The van der Waals surface area contributed by atoms with Crippen molar-refractivity contribution in [1.82, 2.24) is 0 Å². The lowest BCUT2D eigenvalue weighted by Crippen LogP contribution is -2.75. The van der Waals surface area contributed by atoms with Gasteiger partial charge in [0.1, 0.15) is 0 Å². The molecule has 0 atom stereocenters. The highest BCUT2D eigenvalue weighted by Gasteiger charge is 2.70. The van der Waals surface area contributed by atoms with Crippen LogP contribution in [0.15, 0.2) is 0 Å². The molecule has 0 bridgehead atoms. The fourth-order valence-electron chi connectivity index (χ4n) is 3.68.